The van der Waals surface area contributed by atoms with Crippen molar-refractivity contribution in [2.24, 2.45) is 5.92 Å². The number of amides is 1. The Morgan fingerprint density at radius 1 is 1.26 bits per heavy atom. The Labute approximate surface area is 161 Å². The molecule has 146 valence electrons. The lowest BCUT2D eigenvalue weighted by Crippen LogP contribution is -2.52. The molecule has 1 saturated carbocycles. The van der Waals surface area contributed by atoms with Gasteiger partial charge in [-0.3, -0.25) is 4.79 Å². The average Bonchev–Trinajstić information content (AvgIpc) is 2.60. The third kappa shape index (κ3) is 3.74. The maximum Gasteiger partial charge on any atom is 0.252 e. The summed E-state index contributed by atoms with van der Waals surface area (Å²) in [7, 11) is -3.65. The smallest absolute Gasteiger partial charge is 0.252 e. The highest BCUT2D eigenvalue weighted by molar-refractivity contribution is 7.89. The molecule has 0 radical (unpaired) electrons. The molecule has 1 amide bonds. The minimum Gasteiger partial charge on any atom is -0.334 e. The van der Waals surface area contributed by atoms with Gasteiger partial charge in [-0.15, -0.1) is 0 Å². The number of nitrogens with one attached hydrogen (secondary N) is 1. The van der Waals surface area contributed by atoms with E-state index < -0.39 is 15.6 Å². The molecular formula is C20H27N3O3S. The van der Waals surface area contributed by atoms with Crippen molar-refractivity contribution in [2.75, 3.05) is 13.1 Å². The summed E-state index contributed by atoms with van der Waals surface area (Å²) in [6, 6.07) is 5.35. The monoisotopic (exact) mass is 389 g/mol. The van der Waals surface area contributed by atoms with E-state index in [4.69, 9.17) is 0 Å². The molecule has 1 saturated heterocycles. The predicted molar refractivity (Wildman–Crippen MR) is 103 cm³/mol. The molecular weight excluding hydrogens is 362 g/mol. The van der Waals surface area contributed by atoms with Crippen LogP contribution in [-0.2, 0) is 10.0 Å². The summed E-state index contributed by atoms with van der Waals surface area (Å²) in [5, 5.41) is 12.1. The van der Waals surface area contributed by atoms with Crippen LogP contribution in [0.25, 0.3) is 0 Å². The molecule has 7 heteroatoms. The quantitative estimate of drug-likeness (QED) is 0.857. The number of piperidine rings is 1. The fourth-order valence-corrected chi connectivity index (χ4v) is 5.47. The zero-order valence-corrected chi connectivity index (χ0v) is 17.0. The van der Waals surface area contributed by atoms with Crippen LogP contribution in [0.15, 0.2) is 17.0 Å². The van der Waals surface area contributed by atoms with Crippen LogP contribution in [0.1, 0.15) is 60.5 Å². The van der Waals surface area contributed by atoms with E-state index in [-0.39, 0.29) is 10.8 Å². The summed E-state index contributed by atoms with van der Waals surface area (Å²) in [6.07, 6.45) is 3.88. The number of rotatable bonds is 4. The molecule has 0 spiro atoms. The molecule has 1 aromatic rings. The highest BCUT2D eigenvalue weighted by Crippen LogP contribution is 2.32. The minimum absolute atomic E-state index is 0.196. The van der Waals surface area contributed by atoms with E-state index in [0.29, 0.717) is 43.0 Å². The molecule has 0 unspecified atom stereocenters. The Morgan fingerprint density at radius 3 is 2.41 bits per heavy atom. The van der Waals surface area contributed by atoms with Gasteiger partial charge in [0, 0.05) is 18.7 Å². The second-order valence-corrected chi connectivity index (χ2v) is 9.91. The lowest BCUT2D eigenvalue weighted by atomic mass is 9.78. The van der Waals surface area contributed by atoms with E-state index in [9.17, 15) is 18.5 Å². The van der Waals surface area contributed by atoms with Crippen LogP contribution in [0.4, 0.5) is 0 Å². The number of sulfonamides is 1. The zero-order chi connectivity index (χ0) is 19.8. The first-order chi connectivity index (χ1) is 12.7. The molecule has 1 aliphatic carbocycles. The Morgan fingerprint density at radius 2 is 1.89 bits per heavy atom. The Hall–Kier alpha value is -1.91. The molecule has 6 nitrogen and oxygen atoms in total. The maximum absolute atomic E-state index is 13.2. The van der Waals surface area contributed by atoms with Crippen molar-refractivity contribution in [2.45, 2.75) is 63.3 Å². The number of hydrogen-bond acceptors (Lipinski definition) is 4. The van der Waals surface area contributed by atoms with Crippen molar-refractivity contribution in [3.8, 4) is 6.07 Å². The lowest BCUT2D eigenvalue weighted by Gasteiger charge is -2.36. The summed E-state index contributed by atoms with van der Waals surface area (Å²) in [5.41, 5.74) is 0.913. The van der Waals surface area contributed by atoms with Gasteiger partial charge >= 0.3 is 0 Å². The number of benzene rings is 1. The number of hydrogen-bond donors (Lipinski definition) is 1. The van der Waals surface area contributed by atoms with Crippen molar-refractivity contribution in [1.29, 1.82) is 5.26 Å². The van der Waals surface area contributed by atoms with Gasteiger partial charge in [0.05, 0.1) is 11.0 Å². The van der Waals surface area contributed by atoms with Gasteiger partial charge in [-0.2, -0.15) is 9.57 Å². The first-order valence-electron chi connectivity index (χ1n) is 9.54. The van der Waals surface area contributed by atoms with Crippen LogP contribution in [0.3, 0.4) is 0 Å². The van der Waals surface area contributed by atoms with Gasteiger partial charge in [-0.1, -0.05) is 6.92 Å². The molecule has 27 heavy (non-hydrogen) atoms. The summed E-state index contributed by atoms with van der Waals surface area (Å²) in [6.45, 7) is 6.74. The Kier molecular flexibility index (Phi) is 5.33. The summed E-state index contributed by atoms with van der Waals surface area (Å²) < 4.78 is 27.9. The van der Waals surface area contributed by atoms with Gasteiger partial charge in [-0.05, 0) is 75.1 Å². The molecule has 1 aliphatic heterocycles. The molecule has 2 aliphatic rings. The SMILES string of the molecule is Cc1cc(C(=O)NC2(C#N)CCC2)cc(S(=O)(=O)N2CCC(C)CC2)c1C. The lowest BCUT2D eigenvalue weighted by molar-refractivity contribution is 0.0881. The second-order valence-electron chi connectivity index (χ2n) is 8.00. The highest BCUT2D eigenvalue weighted by Gasteiger charge is 2.39. The van der Waals surface area contributed by atoms with E-state index in [2.05, 4.69) is 18.3 Å². The fraction of sp³-hybridized carbons (Fsp3) is 0.600. The van der Waals surface area contributed by atoms with E-state index >= 15 is 0 Å². The molecule has 0 atom stereocenters. The van der Waals surface area contributed by atoms with Crippen LogP contribution in [0, 0.1) is 31.1 Å². The van der Waals surface area contributed by atoms with Gasteiger partial charge in [-0.25, -0.2) is 8.42 Å². The third-order valence-electron chi connectivity index (χ3n) is 6.02. The van der Waals surface area contributed by atoms with Gasteiger partial charge in [0.1, 0.15) is 5.54 Å². The van der Waals surface area contributed by atoms with E-state index in [0.717, 1.165) is 24.8 Å². The van der Waals surface area contributed by atoms with E-state index in [1.807, 2.05) is 6.92 Å². The van der Waals surface area contributed by atoms with E-state index in [1.165, 1.54) is 10.4 Å². The molecule has 1 aromatic carbocycles. The molecule has 3 rings (SSSR count). The summed E-state index contributed by atoms with van der Waals surface area (Å²) in [4.78, 5) is 12.9. The van der Waals surface area contributed by atoms with E-state index in [1.54, 1.807) is 13.0 Å². The van der Waals surface area contributed by atoms with Gasteiger partial charge < -0.3 is 5.32 Å². The van der Waals surface area contributed by atoms with Crippen LogP contribution in [0.2, 0.25) is 0 Å². The highest BCUT2D eigenvalue weighted by atomic mass is 32.2. The standard InChI is InChI=1S/C20H27N3O3S/c1-14-5-9-23(10-6-14)27(25,26)18-12-17(11-15(2)16(18)3)19(24)22-20(13-21)7-4-8-20/h11-12,14H,4-10H2,1-3H3,(H,22,24). The van der Waals surface area contributed by atoms with Crippen LogP contribution in [-0.4, -0.2) is 37.3 Å². The van der Waals surface area contributed by atoms with Crippen LogP contribution >= 0.6 is 0 Å². The number of nitriles is 1. The van der Waals surface area contributed by atoms with Crippen molar-refractivity contribution in [3.63, 3.8) is 0 Å². The fourth-order valence-electron chi connectivity index (χ4n) is 3.67. The van der Waals surface area contributed by atoms with Crippen molar-refractivity contribution in [3.05, 3.63) is 28.8 Å². The molecule has 0 bridgehead atoms. The van der Waals surface area contributed by atoms with Crippen molar-refractivity contribution < 1.29 is 13.2 Å². The minimum atomic E-state index is -3.65. The Bertz CT molecular complexity index is 890. The van der Waals surface area contributed by atoms with Crippen LogP contribution in [0.5, 0.6) is 0 Å². The topological polar surface area (TPSA) is 90.3 Å². The van der Waals surface area contributed by atoms with Gasteiger partial charge in [0.25, 0.3) is 5.91 Å². The second kappa shape index (κ2) is 7.25. The van der Waals surface area contributed by atoms with Crippen molar-refractivity contribution >= 4 is 15.9 Å². The molecule has 1 heterocycles. The van der Waals surface area contributed by atoms with Crippen molar-refractivity contribution in [1.82, 2.24) is 9.62 Å². The largest absolute Gasteiger partial charge is 0.334 e. The number of aryl methyl sites for hydroxylation is 1. The summed E-state index contributed by atoms with van der Waals surface area (Å²) in [5.74, 6) is 0.143. The van der Waals surface area contributed by atoms with Gasteiger partial charge in [0.15, 0.2) is 0 Å². The average molecular weight is 390 g/mol. The third-order valence-corrected chi connectivity index (χ3v) is 8.04. The summed E-state index contributed by atoms with van der Waals surface area (Å²) >= 11 is 0. The molecule has 0 aromatic heterocycles. The number of nitrogens with zero attached hydrogens (tertiary/aromatic N) is 2. The normalized spacial score (nSPS) is 20.5. The Balaban J connectivity index is 1.92. The van der Waals surface area contributed by atoms with Crippen LogP contribution < -0.4 is 5.32 Å². The number of carbonyl (C=O) groups is 1. The zero-order valence-electron chi connectivity index (χ0n) is 16.2. The number of carbonyl (C=O) groups excluding carboxylic acids is 1. The predicted octanol–water partition coefficient (Wildman–Crippen LogP) is 2.90. The maximum atomic E-state index is 13.2. The molecule has 1 N–H and O–H groups in total. The molecule has 2 fully saturated rings. The first kappa shape index (κ1) is 19.8. The van der Waals surface area contributed by atoms with Gasteiger partial charge in [0.2, 0.25) is 10.0 Å². The first-order valence-corrected chi connectivity index (χ1v) is 11.0.